The summed E-state index contributed by atoms with van der Waals surface area (Å²) in [5, 5.41) is 14.5. The lowest BCUT2D eigenvalue weighted by Crippen LogP contribution is -2.08. The molecule has 0 saturated heterocycles. The van der Waals surface area contributed by atoms with Crippen molar-refractivity contribution in [2.75, 3.05) is 5.75 Å². The minimum Gasteiger partial charge on any atom is -0.293 e. The Labute approximate surface area is 149 Å². The topological polar surface area (TPSA) is 60.7 Å². The van der Waals surface area contributed by atoms with E-state index in [1.807, 2.05) is 38.1 Å². The smallest absolute Gasteiger partial charge is 0.209 e. The Morgan fingerprint density at radius 2 is 2.17 bits per heavy atom. The molecule has 0 atom stereocenters. The summed E-state index contributed by atoms with van der Waals surface area (Å²) in [6, 6.07) is 10.0. The van der Waals surface area contributed by atoms with Gasteiger partial charge < -0.3 is 0 Å². The van der Waals surface area contributed by atoms with Gasteiger partial charge >= 0.3 is 0 Å². The van der Waals surface area contributed by atoms with Crippen LogP contribution in [0.25, 0.3) is 0 Å². The molecule has 0 saturated carbocycles. The zero-order valence-corrected chi connectivity index (χ0v) is 15.2. The van der Waals surface area contributed by atoms with Crippen LogP contribution in [0.5, 0.6) is 0 Å². The number of Topliss-reactive ketones (excluding diaryl/α,β-unsaturated/α-hetero) is 1. The highest BCUT2D eigenvalue weighted by Gasteiger charge is 2.13. The van der Waals surface area contributed by atoms with Crippen molar-refractivity contribution in [1.29, 1.82) is 0 Å². The predicted octanol–water partition coefficient (Wildman–Crippen LogP) is 3.57. The SMILES string of the molecule is Cc1ccc(C(=O)CSc2nnnn2CCc2cccs2)c(C)c1. The normalized spacial score (nSPS) is 10.9. The predicted molar refractivity (Wildman–Crippen MR) is 96.8 cm³/mol. The van der Waals surface area contributed by atoms with Gasteiger partial charge in [0.2, 0.25) is 5.16 Å². The van der Waals surface area contributed by atoms with Crippen LogP contribution in [0.1, 0.15) is 26.4 Å². The number of thiophene rings is 1. The molecule has 3 rings (SSSR count). The Kier molecular flexibility index (Phi) is 5.42. The number of aromatic nitrogens is 4. The molecule has 0 spiro atoms. The Morgan fingerprint density at radius 1 is 1.29 bits per heavy atom. The van der Waals surface area contributed by atoms with Crippen LogP contribution < -0.4 is 0 Å². The summed E-state index contributed by atoms with van der Waals surface area (Å²) in [4.78, 5) is 13.7. The number of hydrogen-bond donors (Lipinski definition) is 0. The Morgan fingerprint density at radius 3 is 2.92 bits per heavy atom. The first-order valence-electron chi connectivity index (χ1n) is 7.65. The van der Waals surface area contributed by atoms with Crippen LogP contribution >= 0.6 is 23.1 Å². The van der Waals surface area contributed by atoms with E-state index < -0.39 is 0 Å². The lowest BCUT2D eigenvalue weighted by molar-refractivity contribution is 0.102. The monoisotopic (exact) mass is 358 g/mol. The highest BCUT2D eigenvalue weighted by molar-refractivity contribution is 7.99. The van der Waals surface area contributed by atoms with Crippen LogP contribution in [-0.2, 0) is 13.0 Å². The minimum atomic E-state index is 0.102. The number of aryl methyl sites for hydroxylation is 4. The van der Waals surface area contributed by atoms with Crippen LogP contribution in [0.2, 0.25) is 0 Å². The quantitative estimate of drug-likeness (QED) is 0.477. The van der Waals surface area contributed by atoms with Crippen LogP contribution in [0.4, 0.5) is 0 Å². The van der Waals surface area contributed by atoms with Crippen molar-refractivity contribution in [2.24, 2.45) is 0 Å². The maximum absolute atomic E-state index is 12.4. The van der Waals surface area contributed by atoms with E-state index in [-0.39, 0.29) is 5.78 Å². The first-order valence-corrected chi connectivity index (χ1v) is 9.52. The van der Waals surface area contributed by atoms with Crippen molar-refractivity contribution < 1.29 is 4.79 Å². The van der Waals surface area contributed by atoms with E-state index in [2.05, 4.69) is 27.0 Å². The molecule has 0 fully saturated rings. The molecule has 0 unspecified atom stereocenters. The van der Waals surface area contributed by atoms with Crippen LogP contribution in [0.3, 0.4) is 0 Å². The number of tetrazole rings is 1. The van der Waals surface area contributed by atoms with Crippen molar-refractivity contribution >= 4 is 28.9 Å². The summed E-state index contributed by atoms with van der Waals surface area (Å²) in [6.07, 6.45) is 0.890. The molecule has 0 bridgehead atoms. The van der Waals surface area contributed by atoms with Crippen LogP contribution in [0.15, 0.2) is 40.9 Å². The second-order valence-corrected chi connectivity index (χ2v) is 7.52. The summed E-state index contributed by atoms with van der Waals surface area (Å²) in [5.41, 5.74) is 2.94. The maximum Gasteiger partial charge on any atom is 0.209 e. The summed E-state index contributed by atoms with van der Waals surface area (Å²) in [5.74, 6) is 0.439. The summed E-state index contributed by atoms with van der Waals surface area (Å²) in [7, 11) is 0. The molecule has 0 aliphatic rings. The van der Waals surface area contributed by atoms with Gasteiger partial charge in [-0.15, -0.1) is 16.4 Å². The number of nitrogens with zero attached hydrogens (tertiary/aromatic N) is 4. The van der Waals surface area contributed by atoms with Crippen LogP contribution in [0, 0.1) is 13.8 Å². The molecule has 7 heteroatoms. The van der Waals surface area contributed by atoms with Crippen molar-refractivity contribution in [3.05, 3.63) is 57.3 Å². The molecule has 3 aromatic rings. The highest BCUT2D eigenvalue weighted by atomic mass is 32.2. The van der Waals surface area contributed by atoms with Gasteiger partial charge in [-0.05, 0) is 41.3 Å². The average Bonchev–Trinajstić information content (AvgIpc) is 3.22. The van der Waals surface area contributed by atoms with E-state index in [1.54, 1.807) is 16.0 Å². The number of thioether (sulfide) groups is 1. The molecule has 2 aromatic heterocycles. The molecule has 2 heterocycles. The van der Waals surface area contributed by atoms with E-state index in [0.29, 0.717) is 17.5 Å². The van der Waals surface area contributed by atoms with Crippen molar-refractivity contribution in [1.82, 2.24) is 20.2 Å². The third-order valence-corrected chi connectivity index (χ3v) is 5.56. The number of rotatable bonds is 7. The minimum absolute atomic E-state index is 0.102. The zero-order chi connectivity index (χ0) is 16.9. The molecule has 5 nitrogen and oxygen atoms in total. The fraction of sp³-hybridized carbons (Fsp3) is 0.294. The molecule has 124 valence electrons. The first-order chi connectivity index (χ1) is 11.6. The van der Waals surface area contributed by atoms with Gasteiger partial charge in [-0.25, -0.2) is 4.68 Å². The molecule has 0 N–H and O–H groups in total. The fourth-order valence-corrected chi connectivity index (χ4v) is 3.93. The molecule has 1 aromatic carbocycles. The van der Waals surface area contributed by atoms with E-state index >= 15 is 0 Å². The standard InChI is InChI=1S/C17H18N4OS2/c1-12-5-6-15(13(2)10-12)16(22)11-24-17-18-19-20-21(17)8-7-14-4-3-9-23-14/h3-6,9-10H,7-8,11H2,1-2H3. The Balaban J connectivity index is 1.60. The van der Waals surface area contributed by atoms with Gasteiger partial charge in [-0.2, -0.15) is 0 Å². The average molecular weight is 358 g/mol. The van der Waals surface area contributed by atoms with Gasteiger partial charge in [-0.3, -0.25) is 4.79 Å². The number of hydrogen-bond acceptors (Lipinski definition) is 6. The largest absolute Gasteiger partial charge is 0.293 e. The summed E-state index contributed by atoms with van der Waals surface area (Å²) >= 11 is 3.11. The zero-order valence-electron chi connectivity index (χ0n) is 13.6. The molecule has 0 aliphatic heterocycles. The van der Waals surface area contributed by atoms with Gasteiger partial charge in [0.25, 0.3) is 0 Å². The summed E-state index contributed by atoms with van der Waals surface area (Å²) in [6.45, 7) is 4.71. The second-order valence-electron chi connectivity index (χ2n) is 5.54. The van der Waals surface area contributed by atoms with Gasteiger partial charge in [0.05, 0.1) is 12.3 Å². The lowest BCUT2D eigenvalue weighted by Gasteiger charge is -2.06. The van der Waals surface area contributed by atoms with Gasteiger partial charge in [0, 0.05) is 16.9 Å². The van der Waals surface area contributed by atoms with E-state index in [0.717, 1.165) is 23.1 Å². The molecule has 24 heavy (non-hydrogen) atoms. The van der Waals surface area contributed by atoms with Crippen molar-refractivity contribution in [2.45, 2.75) is 32.0 Å². The van der Waals surface area contributed by atoms with Gasteiger partial charge in [0.1, 0.15) is 0 Å². The fourth-order valence-electron chi connectivity index (χ4n) is 2.45. The third kappa shape index (κ3) is 4.10. The second kappa shape index (κ2) is 7.72. The maximum atomic E-state index is 12.4. The van der Waals surface area contributed by atoms with E-state index in [1.165, 1.54) is 16.6 Å². The molecule has 0 aliphatic carbocycles. The number of ketones is 1. The van der Waals surface area contributed by atoms with Gasteiger partial charge in [-0.1, -0.05) is 41.6 Å². The van der Waals surface area contributed by atoms with Crippen LogP contribution in [-0.4, -0.2) is 31.7 Å². The van der Waals surface area contributed by atoms with E-state index in [9.17, 15) is 4.79 Å². The van der Waals surface area contributed by atoms with Crippen molar-refractivity contribution in [3.63, 3.8) is 0 Å². The first kappa shape index (κ1) is 16.9. The third-order valence-electron chi connectivity index (χ3n) is 3.66. The highest BCUT2D eigenvalue weighted by Crippen LogP contribution is 2.19. The summed E-state index contributed by atoms with van der Waals surface area (Å²) < 4.78 is 1.76. The number of carbonyl (C=O) groups is 1. The Bertz CT molecular complexity index is 827. The molecular weight excluding hydrogens is 340 g/mol. The lowest BCUT2D eigenvalue weighted by atomic mass is 10.0. The Hall–Kier alpha value is -1.99. The van der Waals surface area contributed by atoms with Gasteiger partial charge in [0.15, 0.2) is 5.78 Å². The molecular formula is C17H18N4OS2. The number of carbonyl (C=O) groups excluding carboxylic acids is 1. The molecule has 0 amide bonds. The molecule has 0 radical (unpaired) electrons. The van der Waals surface area contributed by atoms with Crippen molar-refractivity contribution in [3.8, 4) is 0 Å². The van der Waals surface area contributed by atoms with E-state index in [4.69, 9.17) is 0 Å². The number of benzene rings is 1.